The molecule has 0 fully saturated rings. The van der Waals surface area contributed by atoms with Gasteiger partial charge in [-0.3, -0.25) is 9.59 Å². The second-order valence-corrected chi connectivity index (χ2v) is 6.20. The Morgan fingerprint density at radius 2 is 1.86 bits per heavy atom. The molecular weight excluding hydrogens is 360 g/mol. The van der Waals surface area contributed by atoms with Crippen LogP contribution in [0.15, 0.2) is 59.1 Å². The third-order valence-electron chi connectivity index (χ3n) is 3.98. The summed E-state index contributed by atoms with van der Waals surface area (Å²) in [5.41, 5.74) is 6.93. The van der Waals surface area contributed by atoms with Crippen LogP contribution >= 0.6 is 0 Å². The molecule has 0 aliphatic heterocycles. The van der Waals surface area contributed by atoms with Crippen LogP contribution in [0.1, 0.15) is 40.6 Å². The Morgan fingerprint density at radius 1 is 1.14 bits per heavy atom. The Balaban J connectivity index is 1.53. The summed E-state index contributed by atoms with van der Waals surface area (Å²) in [5.74, 6) is -0.155. The molecule has 0 spiro atoms. The zero-order valence-electron chi connectivity index (χ0n) is 15.3. The van der Waals surface area contributed by atoms with Gasteiger partial charge in [-0.05, 0) is 30.2 Å². The molecule has 0 saturated carbocycles. The number of aromatic nitrogens is 2. The Labute approximate surface area is 161 Å². The van der Waals surface area contributed by atoms with Crippen LogP contribution in [0.2, 0.25) is 0 Å². The molecule has 1 heterocycles. The molecule has 8 nitrogen and oxygen atoms in total. The van der Waals surface area contributed by atoms with E-state index >= 15 is 0 Å². The SMILES string of the molecule is C[C@@H](NC(=O)c1nc(COc2ccc(CC(N)=O)cc2)no1)c1ccccc1. The number of nitrogens with two attached hydrogens (primary N) is 1. The van der Waals surface area contributed by atoms with Crippen molar-refractivity contribution >= 4 is 11.8 Å². The van der Waals surface area contributed by atoms with Gasteiger partial charge in [-0.15, -0.1) is 0 Å². The first-order chi connectivity index (χ1) is 13.5. The minimum absolute atomic E-state index is 0.0419. The van der Waals surface area contributed by atoms with Crippen LogP contribution in [0.25, 0.3) is 0 Å². The lowest BCUT2D eigenvalue weighted by Gasteiger charge is -2.12. The van der Waals surface area contributed by atoms with Crippen molar-refractivity contribution in [1.29, 1.82) is 0 Å². The average molecular weight is 380 g/mol. The molecule has 2 amide bonds. The van der Waals surface area contributed by atoms with Gasteiger partial charge in [-0.25, -0.2) is 0 Å². The fourth-order valence-electron chi connectivity index (χ4n) is 2.54. The summed E-state index contributed by atoms with van der Waals surface area (Å²) in [6.45, 7) is 1.91. The second-order valence-electron chi connectivity index (χ2n) is 6.20. The molecule has 28 heavy (non-hydrogen) atoms. The molecule has 8 heteroatoms. The van der Waals surface area contributed by atoms with E-state index in [0.717, 1.165) is 11.1 Å². The molecule has 1 atom stereocenters. The van der Waals surface area contributed by atoms with Crippen LogP contribution in [-0.4, -0.2) is 22.0 Å². The van der Waals surface area contributed by atoms with E-state index in [9.17, 15) is 9.59 Å². The van der Waals surface area contributed by atoms with E-state index in [2.05, 4.69) is 15.5 Å². The van der Waals surface area contributed by atoms with Crippen molar-refractivity contribution in [1.82, 2.24) is 15.5 Å². The highest BCUT2D eigenvalue weighted by atomic mass is 16.5. The first-order valence-corrected chi connectivity index (χ1v) is 8.69. The van der Waals surface area contributed by atoms with Crippen molar-refractivity contribution in [3.05, 3.63) is 77.4 Å². The Bertz CT molecular complexity index is 938. The fourth-order valence-corrected chi connectivity index (χ4v) is 2.54. The van der Waals surface area contributed by atoms with Gasteiger partial charge in [0.05, 0.1) is 12.5 Å². The van der Waals surface area contributed by atoms with E-state index in [1.165, 1.54) is 0 Å². The first kappa shape index (κ1) is 19.1. The molecule has 144 valence electrons. The Morgan fingerprint density at radius 3 is 2.54 bits per heavy atom. The largest absolute Gasteiger partial charge is 0.485 e. The highest BCUT2D eigenvalue weighted by molar-refractivity contribution is 5.89. The maximum atomic E-state index is 12.3. The van der Waals surface area contributed by atoms with Crippen LogP contribution in [0.4, 0.5) is 0 Å². The lowest BCUT2D eigenvalue weighted by molar-refractivity contribution is -0.117. The van der Waals surface area contributed by atoms with Crippen LogP contribution in [0.5, 0.6) is 5.75 Å². The second kappa shape index (κ2) is 8.81. The standard InChI is InChI=1S/C20H20N4O4/c1-13(15-5-3-2-4-6-15)22-19(26)20-23-18(24-28-20)12-27-16-9-7-14(8-10-16)11-17(21)25/h2-10,13H,11-12H2,1H3,(H2,21,25)(H,22,26)/t13-/m1/s1. The normalized spacial score (nSPS) is 11.6. The first-order valence-electron chi connectivity index (χ1n) is 8.69. The van der Waals surface area contributed by atoms with Crippen LogP contribution in [-0.2, 0) is 17.8 Å². The van der Waals surface area contributed by atoms with Gasteiger partial charge in [-0.1, -0.05) is 47.6 Å². The molecule has 0 aliphatic rings. The van der Waals surface area contributed by atoms with E-state index in [1.807, 2.05) is 37.3 Å². The number of primary amides is 1. The Kier molecular flexibility index (Phi) is 6.01. The summed E-state index contributed by atoms with van der Waals surface area (Å²) in [4.78, 5) is 27.2. The summed E-state index contributed by atoms with van der Waals surface area (Å²) >= 11 is 0. The number of ether oxygens (including phenoxy) is 1. The van der Waals surface area contributed by atoms with Crippen molar-refractivity contribution in [3.8, 4) is 5.75 Å². The monoisotopic (exact) mass is 380 g/mol. The molecule has 3 N–H and O–H groups in total. The van der Waals surface area contributed by atoms with Crippen LogP contribution in [0.3, 0.4) is 0 Å². The molecule has 2 aromatic carbocycles. The number of carbonyl (C=O) groups is 2. The van der Waals surface area contributed by atoms with E-state index in [4.69, 9.17) is 15.0 Å². The van der Waals surface area contributed by atoms with Crippen molar-refractivity contribution in [2.75, 3.05) is 0 Å². The fraction of sp³-hybridized carbons (Fsp3) is 0.200. The van der Waals surface area contributed by atoms with E-state index < -0.39 is 11.8 Å². The third kappa shape index (κ3) is 5.16. The molecule has 0 saturated heterocycles. The van der Waals surface area contributed by atoms with Gasteiger partial charge in [0.15, 0.2) is 6.61 Å². The predicted octanol–water partition coefficient (Wildman–Crippen LogP) is 2.17. The van der Waals surface area contributed by atoms with E-state index in [1.54, 1.807) is 24.3 Å². The molecule has 0 radical (unpaired) electrons. The van der Waals surface area contributed by atoms with Crippen molar-refractivity contribution in [2.45, 2.75) is 26.0 Å². The van der Waals surface area contributed by atoms with Gasteiger partial charge in [0.1, 0.15) is 5.75 Å². The Hall–Kier alpha value is -3.68. The quantitative estimate of drug-likeness (QED) is 0.618. The van der Waals surface area contributed by atoms with Crippen molar-refractivity contribution in [2.24, 2.45) is 5.73 Å². The minimum Gasteiger partial charge on any atom is -0.485 e. The lowest BCUT2D eigenvalue weighted by Crippen LogP contribution is -2.26. The molecule has 0 aliphatic carbocycles. The molecular formula is C20H20N4O4. The van der Waals surface area contributed by atoms with Gasteiger partial charge >= 0.3 is 11.8 Å². The number of benzene rings is 2. The maximum absolute atomic E-state index is 12.3. The topological polar surface area (TPSA) is 120 Å². The third-order valence-corrected chi connectivity index (χ3v) is 3.98. The van der Waals surface area contributed by atoms with Gasteiger partial charge in [0.2, 0.25) is 11.7 Å². The maximum Gasteiger partial charge on any atom is 0.316 e. The summed E-state index contributed by atoms with van der Waals surface area (Å²) in [6, 6.07) is 16.3. The smallest absolute Gasteiger partial charge is 0.316 e. The van der Waals surface area contributed by atoms with Gasteiger partial charge in [-0.2, -0.15) is 4.98 Å². The van der Waals surface area contributed by atoms with E-state index in [-0.39, 0.29) is 30.8 Å². The van der Waals surface area contributed by atoms with Gasteiger partial charge in [0.25, 0.3) is 0 Å². The number of hydrogen-bond acceptors (Lipinski definition) is 6. The van der Waals surface area contributed by atoms with E-state index in [0.29, 0.717) is 5.75 Å². The summed E-state index contributed by atoms with van der Waals surface area (Å²) < 4.78 is 10.6. The zero-order chi connectivity index (χ0) is 19.9. The summed E-state index contributed by atoms with van der Waals surface area (Å²) in [7, 11) is 0. The molecule has 0 unspecified atom stereocenters. The number of amides is 2. The highest BCUT2D eigenvalue weighted by Gasteiger charge is 2.18. The zero-order valence-corrected chi connectivity index (χ0v) is 15.3. The summed E-state index contributed by atoms with van der Waals surface area (Å²) in [6.07, 6.45) is 0.172. The number of nitrogens with one attached hydrogen (secondary N) is 1. The average Bonchev–Trinajstić information content (AvgIpc) is 3.17. The number of nitrogens with zero attached hydrogens (tertiary/aromatic N) is 2. The number of rotatable bonds is 8. The van der Waals surface area contributed by atoms with Gasteiger partial charge < -0.3 is 20.3 Å². The van der Waals surface area contributed by atoms with Crippen LogP contribution in [0, 0.1) is 0 Å². The highest BCUT2D eigenvalue weighted by Crippen LogP contribution is 2.15. The summed E-state index contributed by atoms with van der Waals surface area (Å²) in [5, 5.41) is 6.56. The van der Waals surface area contributed by atoms with Gasteiger partial charge in [0, 0.05) is 0 Å². The lowest BCUT2D eigenvalue weighted by atomic mass is 10.1. The van der Waals surface area contributed by atoms with Crippen LogP contribution < -0.4 is 15.8 Å². The number of carbonyl (C=O) groups excluding carboxylic acids is 2. The molecule has 3 aromatic rings. The predicted molar refractivity (Wildman–Crippen MR) is 100 cm³/mol. The number of hydrogen-bond donors (Lipinski definition) is 2. The molecule has 3 rings (SSSR count). The molecule has 0 bridgehead atoms. The van der Waals surface area contributed by atoms with Crippen molar-refractivity contribution in [3.63, 3.8) is 0 Å². The molecule has 1 aromatic heterocycles. The van der Waals surface area contributed by atoms with Crippen molar-refractivity contribution < 1.29 is 18.8 Å². The minimum atomic E-state index is -0.453.